The second-order valence-corrected chi connectivity index (χ2v) is 2.45. The molecule has 0 saturated heterocycles. The Balaban J connectivity index is 3.43. The lowest BCUT2D eigenvalue weighted by molar-refractivity contribution is 0.0971. The van der Waals surface area contributed by atoms with Gasteiger partial charge in [0, 0.05) is 0 Å². The van der Waals surface area contributed by atoms with Crippen LogP contribution >= 0.6 is 0 Å². The SMILES string of the molecule is C=CCCCC(NC)C(F)F. The maximum atomic E-state index is 12.0. The minimum Gasteiger partial charge on any atom is -0.312 e. The number of rotatable bonds is 6. The van der Waals surface area contributed by atoms with Crippen molar-refractivity contribution < 1.29 is 8.78 Å². The van der Waals surface area contributed by atoms with Gasteiger partial charge in [0.15, 0.2) is 0 Å². The van der Waals surface area contributed by atoms with Crippen molar-refractivity contribution in [3.05, 3.63) is 12.7 Å². The number of halogens is 2. The van der Waals surface area contributed by atoms with Crippen LogP contribution in [0, 0.1) is 0 Å². The molecule has 0 spiro atoms. The Morgan fingerprint density at radius 3 is 2.55 bits per heavy atom. The molecule has 1 atom stereocenters. The predicted octanol–water partition coefficient (Wildman–Crippen LogP) is 2.20. The Bertz CT molecular complexity index is 104. The van der Waals surface area contributed by atoms with E-state index >= 15 is 0 Å². The van der Waals surface area contributed by atoms with Crippen LogP contribution in [0.5, 0.6) is 0 Å². The smallest absolute Gasteiger partial charge is 0.253 e. The summed E-state index contributed by atoms with van der Waals surface area (Å²) in [5, 5.41) is 2.58. The molecule has 0 radical (unpaired) electrons. The summed E-state index contributed by atoms with van der Waals surface area (Å²) in [7, 11) is 1.56. The molecule has 0 aliphatic heterocycles. The van der Waals surface area contributed by atoms with E-state index in [2.05, 4.69) is 11.9 Å². The monoisotopic (exact) mass is 163 g/mol. The average molecular weight is 163 g/mol. The second kappa shape index (κ2) is 6.28. The number of hydrogen-bond donors (Lipinski definition) is 1. The molecule has 0 aliphatic rings. The molecule has 0 aromatic heterocycles. The molecule has 0 bridgehead atoms. The van der Waals surface area contributed by atoms with E-state index in [4.69, 9.17) is 0 Å². The van der Waals surface area contributed by atoms with Gasteiger partial charge in [-0.05, 0) is 26.3 Å². The van der Waals surface area contributed by atoms with Gasteiger partial charge in [0.2, 0.25) is 0 Å². The highest BCUT2D eigenvalue weighted by Gasteiger charge is 2.16. The van der Waals surface area contributed by atoms with Crippen molar-refractivity contribution in [1.82, 2.24) is 5.32 Å². The molecule has 0 aliphatic carbocycles. The van der Waals surface area contributed by atoms with Crippen LogP contribution in [0.3, 0.4) is 0 Å². The maximum absolute atomic E-state index is 12.0. The Kier molecular flexibility index (Phi) is 6.03. The van der Waals surface area contributed by atoms with Crippen LogP contribution in [0.15, 0.2) is 12.7 Å². The van der Waals surface area contributed by atoms with Gasteiger partial charge in [0.05, 0.1) is 6.04 Å². The van der Waals surface area contributed by atoms with Gasteiger partial charge in [-0.1, -0.05) is 6.08 Å². The van der Waals surface area contributed by atoms with Crippen LogP contribution in [-0.4, -0.2) is 19.5 Å². The van der Waals surface area contributed by atoms with Gasteiger partial charge in [-0.3, -0.25) is 0 Å². The van der Waals surface area contributed by atoms with Crippen molar-refractivity contribution in [2.24, 2.45) is 0 Å². The van der Waals surface area contributed by atoms with E-state index in [1.807, 2.05) is 0 Å². The first-order valence-corrected chi connectivity index (χ1v) is 3.78. The van der Waals surface area contributed by atoms with Crippen LogP contribution in [-0.2, 0) is 0 Å². The molecular formula is C8H15F2N. The fourth-order valence-electron chi connectivity index (χ4n) is 0.878. The molecule has 1 nitrogen and oxygen atoms in total. The third-order valence-electron chi connectivity index (χ3n) is 1.60. The van der Waals surface area contributed by atoms with E-state index < -0.39 is 12.5 Å². The van der Waals surface area contributed by atoms with Crippen molar-refractivity contribution >= 4 is 0 Å². The lowest BCUT2D eigenvalue weighted by atomic mass is 10.1. The topological polar surface area (TPSA) is 12.0 Å². The quantitative estimate of drug-likeness (QED) is 0.467. The number of alkyl halides is 2. The fraction of sp³-hybridized carbons (Fsp3) is 0.750. The van der Waals surface area contributed by atoms with E-state index in [9.17, 15) is 8.78 Å². The van der Waals surface area contributed by atoms with Crippen molar-refractivity contribution in [2.45, 2.75) is 31.7 Å². The van der Waals surface area contributed by atoms with Gasteiger partial charge in [-0.15, -0.1) is 6.58 Å². The molecule has 1 unspecified atom stereocenters. The first kappa shape index (κ1) is 10.6. The van der Waals surface area contributed by atoms with Gasteiger partial charge in [-0.25, -0.2) is 8.78 Å². The third-order valence-corrected chi connectivity index (χ3v) is 1.60. The van der Waals surface area contributed by atoms with Gasteiger partial charge < -0.3 is 5.32 Å². The van der Waals surface area contributed by atoms with E-state index in [0.717, 1.165) is 12.8 Å². The molecule has 0 aromatic carbocycles. The Morgan fingerprint density at radius 1 is 1.55 bits per heavy atom. The van der Waals surface area contributed by atoms with Gasteiger partial charge >= 0.3 is 0 Å². The molecule has 0 amide bonds. The summed E-state index contributed by atoms with van der Waals surface area (Å²) < 4.78 is 24.1. The maximum Gasteiger partial charge on any atom is 0.253 e. The highest BCUT2D eigenvalue weighted by atomic mass is 19.3. The van der Waals surface area contributed by atoms with Gasteiger partial charge in [0.1, 0.15) is 0 Å². The Labute approximate surface area is 66.5 Å². The molecule has 0 saturated carbocycles. The van der Waals surface area contributed by atoms with Crippen molar-refractivity contribution in [1.29, 1.82) is 0 Å². The summed E-state index contributed by atoms with van der Waals surface area (Å²) in [5.74, 6) is 0. The minimum atomic E-state index is -2.26. The highest BCUT2D eigenvalue weighted by molar-refractivity contribution is 4.71. The zero-order chi connectivity index (χ0) is 8.69. The summed E-state index contributed by atoms with van der Waals surface area (Å²) in [5.41, 5.74) is 0. The molecule has 66 valence electrons. The number of hydrogen-bond acceptors (Lipinski definition) is 1. The molecule has 0 rings (SSSR count). The molecule has 0 aromatic rings. The molecule has 0 heterocycles. The Hall–Kier alpha value is -0.440. The standard InChI is InChI=1S/C8H15F2N/c1-3-4-5-6-7(11-2)8(9)10/h3,7-8,11H,1,4-6H2,2H3. The average Bonchev–Trinajstić information content (AvgIpc) is 1.97. The fourth-order valence-corrected chi connectivity index (χ4v) is 0.878. The number of unbranched alkanes of at least 4 members (excludes halogenated alkanes) is 1. The van der Waals surface area contributed by atoms with E-state index in [0.29, 0.717) is 6.42 Å². The van der Waals surface area contributed by atoms with E-state index in [1.165, 1.54) is 0 Å². The van der Waals surface area contributed by atoms with Gasteiger partial charge in [-0.2, -0.15) is 0 Å². The highest BCUT2D eigenvalue weighted by Crippen LogP contribution is 2.08. The summed E-state index contributed by atoms with van der Waals surface area (Å²) in [6.45, 7) is 3.52. The summed E-state index contributed by atoms with van der Waals surface area (Å²) in [4.78, 5) is 0. The predicted molar refractivity (Wildman–Crippen MR) is 42.9 cm³/mol. The summed E-state index contributed by atoms with van der Waals surface area (Å²) >= 11 is 0. The van der Waals surface area contributed by atoms with Crippen LogP contribution in [0.2, 0.25) is 0 Å². The largest absolute Gasteiger partial charge is 0.312 e. The second-order valence-electron chi connectivity index (χ2n) is 2.45. The lowest BCUT2D eigenvalue weighted by Gasteiger charge is -2.13. The van der Waals surface area contributed by atoms with Crippen molar-refractivity contribution in [2.75, 3.05) is 7.05 Å². The first-order chi connectivity index (χ1) is 5.22. The van der Waals surface area contributed by atoms with Crippen LogP contribution in [0.4, 0.5) is 8.78 Å². The van der Waals surface area contributed by atoms with Gasteiger partial charge in [0.25, 0.3) is 6.43 Å². The van der Waals surface area contributed by atoms with Crippen molar-refractivity contribution in [3.63, 3.8) is 0 Å². The molecule has 3 heteroatoms. The number of nitrogens with one attached hydrogen (secondary N) is 1. The Morgan fingerprint density at radius 2 is 2.18 bits per heavy atom. The zero-order valence-electron chi connectivity index (χ0n) is 6.82. The van der Waals surface area contributed by atoms with E-state index in [1.54, 1.807) is 13.1 Å². The van der Waals surface area contributed by atoms with Crippen LogP contribution < -0.4 is 5.32 Å². The molecular weight excluding hydrogens is 148 g/mol. The first-order valence-electron chi connectivity index (χ1n) is 3.78. The molecule has 1 N–H and O–H groups in total. The third kappa shape index (κ3) is 4.90. The number of allylic oxidation sites excluding steroid dienone is 1. The van der Waals surface area contributed by atoms with E-state index in [-0.39, 0.29) is 0 Å². The van der Waals surface area contributed by atoms with Crippen molar-refractivity contribution in [3.8, 4) is 0 Å². The summed E-state index contributed by atoms with van der Waals surface area (Å²) in [6.07, 6.45) is 1.59. The minimum absolute atomic E-state index is 0.514. The lowest BCUT2D eigenvalue weighted by Crippen LogP contribution is -2.32. The van der Waals surface area contributed by atoms with Crippen LogP contribution in [0.1, 0.15) is 19.3 Å². The molecule has 11 heavy (non-hydrogen) atoms. The van der Waals surface area contributed by atoms with Crippen LogP contribution in [0.25, 0.3) is 0 Å². The normalized spacial score (nSPS) is 13.5. The molecule has 0 fully saturated rings. The zero-order valence-corrected chi connectivity index (χ0v) is 6.82. The summed E-state index contributed by atoms with van der Waals surface area (Å²) in [6, 6.07) is -0.657.